The van der Waals surface area contributed by atoms with Crippen molar-refractivity contribution >= 4 is 27.5 Å². The van der Waals surface area contributed by atoms with Crippen molar-refractivity contribution in [1.82, 2.24) is 0 Å². The second-order valence-electron chi connectivity index (χ2n) is 2.80. The molecule has 1 unspecified atom stereocenters. The van der Waals surface area contributed by atoms with Gasteiger partial charge in [-0.25, -0.2) is 8.42 Å². The van der Waals surface area contributed by atoms with Crippen LogP contribution in [0.15, 0.2) is 0 Å². The molecular weight excluding hydrogens is 210 g/mol. The van der Waals surface area contributed by atoms with Crippen LogP contribution >= 0.6 is 11.8 Å². The lowest BCUT2D eigenvalue weighted by Gasteiger charge is -2.08. The molecule has 1 amide bonds. The van der Waals surface area contributed by atoms with Crippen LogP contribution in [0.3, 0.4) is 0 Å². The van der Waals surface area contributed by atoms with Crippen molar-refractivity contribution in [3.05, 3.63) is 0 Å². The highest BCUT2D eigenvalue weighted by Gasteiger charge is 2.13. The van der Waals surface area contributed by atoms with Crippen molar-refractivity contribution in [2.45, 2.75) is 18.6 Å². The van der Waals surface area contributed by atoms with E-state index in [0.717, 1.165) is 0 Å². The maximum absolute atomic E-state index is 10.7. The van der Waals surface area contributed by atoms with Gasteiger partial charge in [0.2, 0.25) is 5.91 Å². The zero-order chi connectivity index (χ0) is 10.5. The Bertz CT molecular complexity index is 261. The van der Waals surface area contributed by atoms with E-state index < -0.39 is 9.84 Å². The molecule has 13 heavy (non-hydrogen) atoms. The average Bonchev–Trinajstić information content (AvgIpc) is 1.95. The monoisotopic (exact) mass is 225 g/mol. The van der Waals surface area contributed by atoms with E-state index in [1.165, 1.54) is 18.0 Å². The van der Waals surface area contributed by atoms with Crippen molar-refractivity contribution in [2.75, 3.05) is 17.8 Å². The molecule has 0 saturated heterocycles. The van der Waals surface area contributed by atoms with E-state index in [9.17, 15) is 13.2 Å². The molecule has 4 nitrogen and oxygen atoms in total. The van der Waals surface area contributed by atoms with Gasteiger partial charge in [-0.15, -0.1) is 11.8 Å². The largest absolute Gasteiger partial charge is 0.369 e. The summed E-state index contributed by atoms with van der Waals surface area (Å²) >= 11 is 1.30. The van der Waals surface area contributed by atoms with Gasteiger partial charge in [-0.1, -0.05) is 6.92 Å². The van der Waals surface area contributed by atoms with E-state index >= 15 is 0 Å². The molecule has 0 radical (unpaired) electrons. The zero-order valence-corrected chi connectivity index (χ0v) is 9.45. The van der Waals surface area contributed by atoms with Crippen LogP contribution in [-0.4, -0.2) is 37.3 Å². The summed E-state index contributed by atoms with van der Waals surface area (Å²) in [4.78, 5) is 10.7. The van der Waals surface area contributed by atoms with E-state index in [1.54, 1.807) is 0 Å². The van der Waals surface area contributed by atoms with Gasteiger partial charge in [-0.05, 0) is 6.42 Å². The lowest BCUT2D eigenvalue weighted by molar-refractivity contribution is -0.117. The Labute approximate surface area is 83.2 Å². The first-order valence-electron chi connectivity index (χ1n) is 3.95. The van der Waals surface area contributed by atoms with Crippen LogP contribution in [0.5, 0.6) is 0 Å². The fraction of sp³-hybridized carbons (Fsp3) is 0.857. The van der Waals surface area contributed by atoms with Gasteiger partial charge in [0.1, 0.15) is 9.84 Å². The second kappa shape index (κ2) is 5.49. The molecule has 0 fully saturated rings. The Morgan fingerprint density at radius 2 is 2.08 bits per heavy atom. The summed E-state index contributed by atoms with van der Waals surface area (Å²) in [5.74, 6) is 0.155. The van der Waals surface area contributed by atoms with Gasteiger partial charge in [0.05, 0.1) is 11.0 Å². The van der Waals surface area contributed by atoms with Crippen LogP contribution in [0.4, 0.5) is 0 Å². The minimum Gasteiger partial charge on any atom is -0.369 e. The predicted molar refractivity (Wildman–Crippen MR) is 55.4 cm³/mol. The maximum atomic E-state index is 10.7. The van der Waals surface area contributed by atoms with Gasteiger partial charge >= 0.3 is 0 Å². The summed E-state index contributed by atoms with van der Waals surface area (Å²) in [5.41, 5.74) is 5.09. The van der Waals surface area contributed by atoms with Gasteiger partial charge in [0.15, 0.2) is 0 Å². The van der Waals surface area contributed by atoms with Crippen LogP contribution in [-0.2, 0) is 14.6 Å². The van der Waals surface area contributed by atoms with Crippen molar-refractivity contribution in [1.29, 1.82) is 0 Å². The van der Waals surface area contributed by atoms with E-state index in [4.69, 9.17) is 5.73 Å². The highest BCUT2D eigenvalue weighted by atomic mass is 32.2. The third-order valence-electron chi connectivity index (χ3n) is 1.46. The van der Waals surface area contributed by atoms with Gasteiger partial charge in [0, 0.05) is 12.0 Å². The topological polar surface area (TPSA) is 77.2 Å². The molecule has 0 aliphatic heterocycles. The molecule has 1 atom stereocenters. The summed E-state index contributed by atoms with van der Waals surface area (Å²) in [6, 6.07) is 0. The molecule has 0 aromatic carbocycles. The Morgan fingerprint density at radius 3 is 2.38 bits per heavy atom. The lowest BCUT2D eigenvalue weighted by Crippen LogP contribution is -2.26. The molecule has 0 aliphatic rings. The maximum Gasteiger partial charge on any atom is 0.230 e. The summed E-state index contributed by atoms with van der Waals surface area (Å²) in [7, 11) is -2.93. The number of amides is 1. The van der Waals surface area contributed by atoms with Crippen molar-refractivity contribution in [3.63, 3.8) is 0 Å². The van der Waals surface area contributed by atoms with Gasteiger partial charge in [-0.3, -0.25) is 4.79 Å². The molecule has 0 aromatic heterocycles. The first-order chi connectivity index (χ1) is 5.87. The number of primary amides is 1. The van der Waals surface area contributed by atoms with E-state index in [1.807, 2.05) is 6.92 Å². The minimum absolute atomic E-state index is 0.0987. The second-order valence-corrected chi connectivity index (χ2v) is 6.37. The molecule has 0 aliphatic carbocycles. The first kappa shape index (κ1) is 12.8. The molecule has 0 bridgehead atoms. The van der Waals surface area contributed by atoms with Gasteiger partial charge < -0.3 is 5.73 Å². The summed E-state index contributed by atoms with van der Waals surface area (Å²) in [6.07, 6.45) is 1.82. The third-order valence-corrected chi connectivity index (χ3v) is 4.07. The lowest BCUT2D eigenvalue weighted by atomic mass is 10.3. The molecule has 0 aromatic rings. The Hall–Kier alpha value is -0.230. The van der Waals surface area contributed by atoms with Crippen LogP contribution in [0, 0.1) is 0 Å². The van der Waals surface area contributed by atoms with Crippen molar-refractivity contribution in [3.8, 4) is 0 Å². The highest BCUT2D eigenvalue weighted by Crippen LogP contribution is 2.13. The summed E-state index contributed by atoms with van der Waals surface area (Å²) < 4.78 is 21.5. The first-order valence-corrected chi connectivity index (χ1v) is 7.06. The fourth-order valence-corrected chi connectivity index (χ4v) is 3.02. The number of thioether (sulfide) groups is 1. The molecule has 0 heterocycles. The number of hydrogen-bond donors (Lipinski definition) is 1. The van der Waals surface area contributed by atoms with Crippen LogP contribution < -0.4 is 5.73 Å². The molecule has 78 valence electrons. The standard InChI is InChI=1S/C7H15NO3S2/c1-3-6(7(8)9)12-4-5-13(2,10)11/h6H,3-5H2,1-2H3,(H2,8,9). The summed E-state index contributed by atoms with van der Waals surface area (Å²) in [5, 5.41) is -0.262. The smallest absolute Gasteiger partial charge is 0.230 e. The van der Waals surface area contributed by atoms with Crippen LogP contribution in [0.2, 0.25) is 0 Å². The Balaban J connectivity index is 3.81. The van der Waals surface area contributed by atoms with Gasteiger partial charge in [-0.2, -0.15) is 0 Å². The fourth-order valence-electron chi connectivity index (χ4n) is 0.743. The quantitative estimate of drug-likeness (QED) is 0.691. The van der Waals surface area contributed by atoms with Crippen LogP contribution in [0.1, 0.15) is 13.3 Å². The molecule has 6 heteroatoms. The summed E-state index contributed by atoms with van der Waals surface area (Å²) in [6.45, 7) is 1.85. The number of sulfone groups is 1. The van der Waals surface area contributed by atoms with E-state index in [0.29, 0.717) is 12.2 Å². The Morgan fingerprint density at radius 1 is 1.54 bits per heavy atom. The van der Waals surface area contributed by atoms with Crippen LogP contribution in [0.25, 0.3) is 0 Å². The molecule has 0 rings (SSSR count). The zero-order valence-electron chi connectivity index (χ0n) is 7.82. The number of hydrogen-bond acceptors (Lipinski definition) is 4. The predicted octanol–water partition coefficient (Wildman–Crippen LogP) is 0.0281. The third kappa shape index (κ3) is 6.89. The average molecular weight is 225 g/mol. The number of rotatable bonds is 6. The molecule has 0 saturated carbocycles. The molecule has 0 spiro atoms. The van der Waals surface area contributed by atoms with Gasteiger partial charge in [0.25, 0.3) is 0 Å². The van der Waals surface area contributed by atoms with E-state index in [-0.39, 0.29) is 16.9 Å². The highest BCUT2D eigenvalue weighted by molar-refractivity contribution is 8.01. The molecule has 2 N–H and O–H groups in total. The van der Waals surface area contributed by atoms with E-state index in [2.05, 4.69) is 0 Å². The number of carbonyl (C=O) groups excluding carboxylic acids is 1. The number of carbonyl (C=O) groups is 1. The van der Waals surface area contributed by atoms with Crippen molar-refractivity contribution < 1.29 is 13.2 Å². The minimum atomic E-state index is -2.93. The SMILES string of the molecule is CCC(SCCS(C)(=O)=O)C(N)=O. The normalized spacial score (nSPS) is 14.0. The molecular formula is C7H15NO3S2. The van der Waals surface area contributed by atoms with Crippen molar-refractivity contribution in [2.24, 2.45) is 5.73 Å². The Kier molecular flexibility index (Phi) is 5.39. The number of nitrogens with two attached hydrogens (primary N) is 1.